The molecule has 0 aliphatic rings. The molecule has 0 radical (unpaired) electrons. The molecular weight excluding hydrogens is 319 g/mol. The third-order valence-electron chi connectivity index (χ3n) is 3.39. The van der Waals surface area contributed by atoms with Crippen LogP contribution in [0.4, 0.5) is 22.0 Å². The summed E-state index contributed by atoms with van der Waals surface area (Å²) in [6, 6.07) is 3.07. The molecule has 0 fully saturated rings. The SMILES string of the molecule is CCCCCCc1ccc(-c2c(F)c(F)c(F)c(F)c2F)s1. The van der Waals surface area contributed by atoms with Crippen molar-refractivity contribution in [1.29, 1.82) is 0 Å². The zero-order valence-corrected chi connectivity index (χ0v) is 12.8. The van der Waals surface area contributed by atoms with E-state index in [1.165, 1.54) is 6.07 Å². The molecule has 1 aromatic carbocycles. The number of hydrogen-bond acceptors (Lipinski definition) is 1. The monoisotopic (exact) mass is 334 g/mol. The Morgan fingerprint density at radius 2 is 1.36 bits per heavy atom. The fourth-order valence-corrected chi connectivity index (χ4v) is 3.28. The van der Waals surface area contributed by atoms with Crippen molar-refractivity contribution in [1.82, 2.24) is 0 Å². The van der Waals surface area contributed by atoms with Gasteiger partial charge in [0.05, 0.1) is 5.56 Å². The fourth-order valence-electron chi connectivity index (χ4n) is 2.19. The first-order valence-corrected chi connectivity index (χ1v) is 7.89. The highest BCUT2D eigenvalue weighted by molar-refractivity contribution is 7.15. The maximum atomic E-state index is 13.7. The molecule has 1 aromatic heterocycles. The molecule has 120 valence electrons. The standard InChI is InChI=1S/C16H15F5S/c1-2-3-4-5-6-9-7-8-10(22-9)11-12(17)14(19)16(21)15(20)13(11)18/h7-8H,2-6H2,1H3. The van der Waals surface area contributed by atoms with Crippen molar-refractivity contribution in [2.24, 2.45) is 0 Å². The Bertz CT molecular complexity index is 634. The van der Waals surface area contributed by atoms with Crippen LogP contribution in [0.2, 0.25) is 0 Å². The quantitative estimate of drug-likeness (QED) is 0.254. The van der Waals surface area contributed by atoms with Gasteiger partial charge >= 0.3 is 0 Å². The minimum atomic E-state index is -2.13. The van der Waals surface area contributed by atoms with E-state index in [4.69, 9.17) is 0 Å². The fraction of sp³-hybridized carbons (Fsp3) is 0.375. The smallest absolute Gasteiger partial charge is 0.200 e. The highest BCUT2D eigenvalue weighted by Gasteiger charge is 2.27. The van der Waals surface area contributed by atoms with E-state index in [1.54, 1.807) is 6.07 Å². The molecule has 0 atom stereocenters. The van der Waals surface area contributed by atoms with Gasteiger partial charge < -0.3 is 0 Å². The highest BCUT2D eigenvalue weighted by Crippen LogP contribution is 2.36. The van der Waals surface area contributed by atoms with Gasteiger partial charge in [0.2, 0.25) is 5.82 Å². The van der Waals surface area contributed by atoms with Crippen LogP contribution in [0.3, 0.4) is 0 Å². The second-order valence-corrected chi connectivity index (χ2v) is 6.19. The summed E-state index contributed by atoms with van der Waals surface area (Å²) in [6.07, 6.45) is 4.92. The minimum Gasteiger partial charge on any atom is -0.203 e. The third kappa shape index (κ3) is 3.32. The molecule has 0 saturated heterocycles. The first kappa shape index (κ1) is 16.9. The lowest BCUT2D eigenvalue weighted by atomic mass is 10.1. The first-order valence-electron chi connectivity index (χ1n) is 7.07. The highest BCUT2D eigenvalue weighted by atomic mass is 32.1. The molecule has 0 N–H and O–H groups in total. The molecule has 2 aromatic rings. The second kappa shape index (κ2) is 7.22. The Labute approximate surface area is 129 Å². The Morgan fingerprint density at radius 3 is 1.95 bits per heavy atom. The lowest BCUT2D eigenvalue weighted by molar-refractivity contribution is 0.381. The van der Waals surface area contributed by atoms with Gasteiger partial charge in [-0.05, 0) is 25.0 Å². The number of rotatable bonds is 6. The largest absolute Gasteiger partial charge is 0.203 e. The summed E-state index contributed by atoms with van der Waals surface area (Å²) in [5.41, 5.74) is -0.846. The van der Waals surface area contributed by atoms with Crippen molar-refractivity contribution in [2.75, 3.05) is 0 Å². The van der Waals surface area contributed by atoms with Gasteiger partial charge in [0.15, 0.2) is 23.3 Å². The Kier molecular flexibility index (Phi) is 5.56. The molecular formula is C16H15F5S. The summed E-state index contributed by atoms with van der Waals surface area (Å²) in [4.78, 5) is 0.924. The number of hydrogen-bond donors (Lipinski definition) is 0. The molecule has 0 saturated carbocycles. The summed E-state index contributed by atoms with van der Waals surface area (Å²) >= 11 is 1.06. The number of aryl methyl sites for hydroxylation is 1. The van der Waals surface area contributed by atoms with Crippen LogP contribution < -0.4 is 0 Å². The second-order valence-electron chi connectivity index (χ2n) is 5.02. The molecule has 0 nitrogen and oxygen atoms in total. The Morgan fingerprint density at radius 1 is 0.773 bits per heavy atom. The molecule has 0 unspecified atom stereocenters. The Hall–Kier alpha value is -1.43. The molecule has 0 aliphatic carbocycles. The zero-order chi connectivity index (χ0) is 16.3. The normalized spacial score (nSPS) is 11.2. The van der Waals surface area contributed by atoms with Crippen molar-refractivity contribution in [2.45, 2.75) is 39.0 Å². The van der Waals surface area contributed by atoms with Crippen LogP contribution in [-0.2, 0) is 6.42 Å². The van der Waals surface area contributed by atoms with E-state index in [-0.39, 0.29) is 4.88 Å². The third-order valence-corrected chi connectivity index (χ3v) is 4.56. The van der Waals surface area contributed by atoms with E-state index < -0.39 is 34.6 Å². The van der Waals surface area contributed by atoms with Gasteiger partial charge in [0.1, 0.15) is 0 Å². The van der Waals surface area contributed by atoms with Crippen LogP contribution in [0.1, 0.15) is 37.5 Å². The Balaban J connectivity index is 2.28. The van der Waals surface area contributed by atoms with Gasteiger partial charge in [-0.1, -0.05) is 26.2 Å². The first-order chi connectivity index (χ1) is 10.5. The van der Waals surface area contributed by atoms with Crippen LogP contribution in [0, 0.1) is 29.1 Å². The number of thiophene rings is 1. The predicted molar refractivity (Wildman–Crippen MR) is 77.4 cm³/mol. The van der Waals surface area contributed by atoms with Gasteiger partial charge in [0.25, 0.3) is 0 Å². The van der Waals surface area contributed by atoms with E-state index in [0.29, 0.717) is 0 Å². The summed E-state index contributed by atoms with van der Waals surface area (Å²) in [5.74, 6) is -9.51. The number of unbranched alkanes of at least 4 members (excludes halogenated alkanes) is 3. The molecule has 0 aliphatic heterocycles. The lowest BCUT2D eigenvalue weighted by Gasteiger charge is -2.06. The van der Waals surface area contributed by atoms with Crippen molar-refractivity contribution in [3.05, 3.63) is 46.1 Å². The lowest BCUT2D eigenvalue weighted by Crippen LogP contribution is -2.03. The van der Waals surface area contributed by atoms with E-state index >= 15 is 0 Å². The van der Waals surface area contributed by atoms with Crippen LogP contribution in [0.15, 0.2) is 12.1 Å². The van der Waals surface area contributed by atoms with E-state index in [0.717, 1.165) is 48.3 Å². The van der Waals surface area contributed by atoms with Crippen LogP contribution in [-0.4, -0.2) is 0 Å². The van der Waals surface area contributed by atoms with Gasteiger partial charge in [-0.3, -0.25) is 0 Å². The van der Waals surface area contributed by atoms with Crippen LogP contribution >= 0.6 is 11.3 Å². The molecule has 0 bridgehead atoms. The van der Waals surface area contributed by atoms with Crippen LogP contribution in [0.5, 0.6) is 0 Å². The summed E-state index contributed by atoms with van der Waals surface area (Å²) in [5, 5.41) is 0. The molecule has 2 rings (SSSR count). The summed E-state index contributed by atoms with van der Waals surface area (Å²) in [6.45, 7) is 2.09. The van der Waals surface area contributed by atoms with E-state index in [1.807, 2.05) is 0 Å². The predicted octanol–water partition coefficient (Wildman–Crippen LogP) is 6.23. The molecule has 0 amide bonds. The van der Waals surface area contributed by atoms with Crippen LogP contribution in [0.25, 0.3) is 10.4 Å². The van der Waals surface area contributed by atoms with Crippen molar-refractivity contribution < 1.29 is 22.0 Å². The molecule has 22 heavy (non-hydrogen) atoms. The van der Waals surface area contributed by atoms with Crippen molar-refractivity contribution in [3.63, 3.8) is 0 Å². The average Bonchev–Trinajstić information content (AvgIpc) is 2.96. The number of halogens is 5. The minimum absolute atomic E-state index is 0.0540. The zero-order valence-electron chi connectivity index (χ0n) is 12.0. The maximum Gasteiger partial charge on any atom is 0.200 e. The summed E-state index contributed by atoms with van der Waals surface area (Å²) in [7, 11) is 0. The van der Waals surface area contributed by atoms with Gasteiger partial charge in [-0.25, -0.2) is 22.0 Å². The van der Waals surface area contributed by atoms with E-state index in [2.05, 4.69) is 6.92 Å². The van der Waals surface area contributed by atoms with Gasteiger partial charge in [-0.15, -0.1) is 11.3 Å². The molecule has 0 spiro atoms. The van der Waals surface area contributed by atoms with Gasteiger partial charge in [-0.2, -0.15) is 0 Å². The van der Waals surface area contributed by atoms with Gasteiger partial charge in [0, 0.05) is 9.75 Å². The van der Waals surface area contributed by atoms with Crippen molar-refractivity contribution in [3.8, 4) is 10.4 Å². The van der Waals surface area contributed by atoms with E-state index in [9.17, 15) is 22.0 Å². The maximum absolute atomic E-state index is 13.7. The molecule has 1 heterocycles. The number of benzene rings is 1. The summed E-state index contributed by atoms with van der Waals surface area (Å²) < 4.78 is 67.0. The average molecular weight is 334 g/mol. The topological polar surface area (TPSA) is 0 Å². The van der Waals surface area contributed by atoms with Crippen molar-refractivity contribution >= 4 is 11.3 Å². The molecule has 6 heteroatoms.